The Morgan fingerprint density at radius 2 is 2.15 bits per heavy atom. The molecule has 1 fully saturated rings. The van der Waals surface area contributed by atoms with Crippen molar-refractivity contribution in [1.82, 2.24) is 4.72 Å². The largest absolute Gasteiger partial charge is 0.492 e. The van der Waals surface area contributed by atoms with E-state index in [0.717, 1.165) is 24.8 Å². The van der Waals surface area contributed by atoms with Crippen molar-refractivity contribution in [1.29, 1.82) is 0 Å². The molecule has 1 aromatic carbocycles. The fourth-order valence-corrected chi connectivity index (χ4v) is 3.82. The number of sulfonamides is 1. The van der Waals surface area contributed by atoms with Crippen LogP contribution in [0.15, 0.2) is 17.0 Å². The van der Waals surface area contributed by atoms with Crippen molar-refractivity contribution >= 4 is 15.7 Å². The van der Waals surface area contributed by atoms with Crippen LogP contribution in [0.5, 0.6) is 5.75 Å². The Balaban J connectivity index is 1.85. The second kappa shape index (κ2) is 5.26. The zero-order chi connectivity index (χ0) is 14.2. The summed E-state index contributed by atoms with van der Waals surface area (Å²) in [4.78, 5) is 0.183. The summed E-state index contributed by atoms with van der Waals surface area (Å²) in [6.45, 7) is 1.04. The van der Waals surface area contributed by atoms with Gasteiger partial charge in [0.15, 0.2) is 0 Å². The Labute approximate surface area is 119 Å². The van der Waals surface area contributed by atoms with E-state index in [2.05, 4.69) is 4.72 Å². The van der Waals surface area contributed by atoms with Gasteiger partial charge in [0.25, 0.3) is 0 Å². The Morgan fingerprint density at radius 1 is 1.35 bits per heavy atom. The van der Waals surface area contributed by atoms with Crippen LogP contribution in [0.2, 0.25) is 0 Å². The summed E-state index contributed by atoms with van der Waals surface area (Å²) in [5.74, 6) is 1.17. The van der Waals surface area contributed by atoms with E-state index in [9.17, 15) is 8.42 Å². The Hall–Kier alpha value is -1.27. The third kappa shape index (κ3) is 2.91. The number of hydrogen-bond acceptors (Lipinski definition) is 4. The number of nitrogen functional groups attached to an aromatic ring is 1. The molecule has 110 valence electrons. The van der Waals surface area contributed by atoms with Gasteiger partial charge in [-0.25, -0.2) is 13.1 Å². The van der Waals surface area contributed by atoms with Crippen molar-refractivity contribution in [2.75, 3.05) is 18.9 Å². The number of anilines is 1. The number of aryl methyl sites for hydroxylation is 1. The molecule has 0 atom stereocenters. The van der Waals surface area contributed by atoms with E-state index in [0.29, 0.717) is 30.5 Å². The number of nitrogens with two attached hydrogens (primary N) is 1. The van der Waals surface area contributed by atoms with E-state index in [1.54, 1.807) is 6.07 Å². The van der Waals surface area contributed by atoms with Gasteiger partial charge in [-0.2, -0.15) is 0 Å². The lowest BCUT2D eigenvalue weighted by molar-refractivity contribution is 0.280. The molecule has 0 saturated heterocycles. The van der Waals surface area contributed by atoms with Crippen molar-refractivity contribution < 1.29 is 13.2 Å². The van der Waals surface area contributed by atoms with Gasteiger partial charge in [-0.3, -0.25) is 0 Å². The Kier molecular flexibility index (Phi) is 3.60. The Bertz CT molecular complexity index is 609. The quantitative estimate of drug-likeness (QED) is 0.810. The molecular weight excluding hydrogens is 276 g/mol. The normalized spacial score (nSPS) is 18.4. The predicted molar refractivity (Wildman–Crippen MR) is 77.2 cm³/mol. The molecule has 0 unspecified atom stereocenters. The zero-order valence-electron chi connectivity index (χ0n) is 11.4. The molecule has 2 aliphatic rings. The third-order valence-corrected chi connectivity index (χ3v) is 5.29. The van der Waals surface area contributed by atoms with Gasteiger partial charge in [-0.05, 0) is 42.9 Å². The Morgan fingerprint density at radius 3 is 2.90 bits per heavy atom. The molecule has 5 nitrogen and oxygen atoms in total. The van der Waals surface area contributed by atoms with Crippen LogP contribution in [-0.2, 0) is 16.4 Å². The molecule has 0 radical (unpaired) electrons. The fourth-order valence-electron chi connectivity index (χ4n) is 2.55. The number of nitrogens with one attached hydrogen (secondary N) is 1. The van der Waals surface area contributed by atoms with Crippen molar-refractivity contribution in [3.63, 3.8) is 0 Å². The average molecular weight is 296 g/mol. The maximum Gasteiger partial charge on any atom is 0.244 e. The first-order valence-electron chi connectivity index (χ1n) is 7.11. The number of rotatable bonds is 5. The topological polar surface area (TPSA) is 81.4 Å². The molecule has 0 aromatic heterocycles. The first-order chi connectivity index (χ1) is 9.56. The molecule has 6 heteroatoms. The maximum absolute atomic E-state index is 12.4. The smallest absolute Gasteiger partial charge is 0.244 e. The number of benzene rings is 1. The van der Waals surface area contributed by atoms with E-state index in [1.807, 2.05) is 0 Å². The number of fused-ring (bicyclic) bond motifs is 1. The van der Waals surface area contributed by atoms with Crippen LogP contribution in [0.25, 0.3) is 0 Å². The molecule has 0 bridgehead atoms. The highest BCUT2D eigenvalue weighted by molar-refractivity contribution is 7.89. The van der Waals surface area contributed by atoms with Crippen LogP contribution in [0.3, 0.4) is 0 Å². The van der Waals surface area contributed by atoms with E-state index >= 15 is 0 Å². The molecule has 1 saturated carbocycles. The van der Waals surface area contributed by atoms with Gasteiger partial charge in [-0.15, -0.1) is 0 Å². The first-order valence-corrected chi connectivity index (χ1v) is 8.59. The molecule has 1 aliphatic heterocycles. The van der Waals surface area contributed by atoms with Gasteiger partial charge in [0.1, 0.15) is 10.6 Å². The van der Waals surface area contributed by atoms with Crippen LogP contribution >= 0.6 is 0 Å². The summed E-state index contributed by atoms with van der Waals surface area (Å²) in [6.07, 6.45) is 5.05. The van der Waals surface area contributed by atoms with Gasteiger partial charge < -0.3 is 10.5 Å². The lowest BCUT2D eigenvalue weighted by atomic mass is 10.1. The van der Waals surface area contributed by atoms with E-state index in [4.69, 9.17) is 10.5 Å². The zero-order valence-corrected chi connectivity index (χ0v) is 12.2. The number of ether oxygens (including phenoxy) is 1. The van der Waals surface area contributed by atoms with Gasteiger partial charge in [0, 0.05) is 12.2 Å². The van der Waals surface area contributed by atoms with Gasteiger partial charge in [0.2, 0.25) is 10.0 Å². The molecule has 1 aromatic rings. The summed E-state index contributed by atoms with van der Waals surface area (Å²) in [6, 6.07) is 3.29. The van der Waals surface area contributed by atoms with Crippen LogP contribution < -0.4 is 15.2 Å². The minimum atomic E-state index is -3.55. The first kappa shape index (κ1) is 13.7. The molecular formula is C14H20N2O3S. The van der Waals surface area contributed by atoms with Gasteiger partial charge in [0.05, 0.1) is 6.61 Å². The highest BCUT2D eigenvalue weighted by Gasteiger charge is 2.26. The van der Waals surface area contributed by atoms with E-state index in [1.165, 1.54) is 18.9 Å². The molecule has 1 heterocycles. The summed E-state index contributed by atoms with van der Waals surface area (Å²) >= 11 is 0. The number of hydrogen-bond donors (Lipinski definition) is 2. The maximum atomic E-state index is 12.4. The average Bonchev–Trinajstić information content (AvgIpc) is 3.21. The van der Waals surface area contributed by atoms with Gasteiger partial charge in [-0.1, -0.05) is 12.8 Å². The third-order valence-electron chi connectivity index (χ3n) is 3.82. The van der Waals surface area contributed by atoms with Crippen molar-refractivity contribution in [3.8, 4) is 5.75 Å². The minimum absolute atomic E-state index is 0.183. The summed E-state index contributed by atoms with van der Waals surface area (Å²) in [7, 11) is -3.55. The summed E-state index contributed by atoms with van der Waals surface area (Å²) < 4.78 is 33.0. The fraction of sp³-hybridized carbons (Fsp3) is 0.571. The highest BCUT2D eigenvalue weighted by atomic mass is 32.2. The van der Waals surface area contributed by atoms with Crippen molar-refractivity contribution in [2.45, 2.75) is 37.0 Å². The standard InChI is InChI=1S/C14H20N2O3S/c15-12-8-11-2-1-7-19-14(11)13(9-12)20(17,18)16-6-5-10-3-4-10/h8-10,16H,1-7,15H2. The molecule has 0 amide bonds. The SMILES string of the molecule is Nc1cc2c(c(S(=O)(=O)NCCC3CC3)c1)OCCC2. The van der Waals surface area contributed by atoms with Crippen molar-refractivity contribution in [3.05, 3.63) is 17.7 Å². The summed E-state index contributed by atoms with van der Waals surface area (Å²) in [5, 5.41) is 0. The lowest BCUT2D eigenvalue weighted by Crippen LogP contribution is -2.26. The summed E-state index contributed by atoms with van der Waals surface area (Å²) in [5.41, 5.74) is 7.18. The van der Waals surface area contributed by atoms with Crippen LogP contribution in [0.1, 0.15) is 31.2 Å². The monoisotopic (exact) mass is 296 g/mol. The predicted octanol–water partition coefficient (Wildman–Crippen LogP) is 1.67. The molecule has 3 N–H and O–H groups in total. The molecule has 20 heavy (non-hydrogen) atoms. The second-order valence-electron chi connectivity index (χ2n) is 5.59. The van der Waals surface area contributed by atoms with Crippen LogP contribution in [0.4, 0.5) is 5.69 Å². The van der Waals surface area contributed by atoms with E-state index < -0.39 is 10.0 Å². The van der Waals surface area contributed by atoms with Gasteiger partial charge >= 0.3 is 0 Å². The van der Waals surface area contributed by atoms with E-state index in [-0.39, 0.29) is 4.90 Å². The lowest BCUT2D eigenvalue weighted by Gasteiger charge is -2.21. The molecule has 1 aliphatic carbocycles. The molecule has 3 rings (SSSR count). The van der Waals surface area contributed by atoms with Crippen LogP contribution in [0, 0.1) is 5.92 Å². The van der Waals surface area contributed by atoms with Crippen LogP contribution in [-0.4, -0.2) is 21.6 Å². The second-order valence-corrected chi connectivity index (χ2v) is 7.32. The minimum Gasteiger partial charge on any atom is -0.492 e. The van der Waals surface area contributed by atoms with Crippen molar-refractivity contribution in [2.24, 2.45) is 5.92 Å². The highest BCUT2D eigenvalue weighted by Crippen LogP contribution is 2.35. The molecule has 0 spiro atoms.